The minimum absolute atomic E-state index is 0.928. The molecule has 1 aliphatic heterocycles. The number of benzene rings is 4. The summed E-state index contributed by atoms with van der Waals surface area (Å²) >= 11 is 0. The second-order valence-electron chi connectivity index (χ2n) is 9.23. The Kier molecular flexibility index (Phi) is 5.18. The lowest BCUT2D eigenvalue weighted by Crippen LogP contribution is -2.12. The minimum Gasteiger partial charge on any atom is -0.310 e. The smallest absolute Gasteiger partial charge is 0.144 e. The molecule has 37 heavy (non-hydrogen) atoms. The van der Waals surface area contributed by atoms with Crippen molar-refractivity contribution >= 4 is 17.1 Å². The summed E-state index contributed by atoms with van der Waals surface area (Å²) in [6.07, 6.45) is 9.66. The van der Waals surface area contributed by atoms with Crippen LogP contribution in [0.25, 0.3) is 22.8 Å². The number of imidazole rings is 1. The van der Waals surface area contributed by atoms with Crippen LogP contribution in [0.4, 0.5) is 17.1 Å². The van der Waals surface area contributed by atoms with E-state index in [1.54, 1.807) is 0 Å². The van der Waals surface area contributed by atoms with Crippen molar-refractivity contribution in [1.82, 2.24) is 19.3 Å². The maximum Gasteiger partial charge on any atom is 0.144 e. The van der Waals surface area contributed by atoms with Gasteiger partial charge in [-0.05, 0) is 72.5 Å². The van der Waals surface area contributed by atoms with Gasteiger partial charge in [-0.1, -0.05) is 54.6 Å². The number of anilines is 3. The van der Waals surface area contributed by atoms with E-state index in [0.29, 0.717) is 0 Å². The maximum atomic E-state index is 4.76. The fourth-order valence-corrected chi connectivity index (χ4v) is 5.25. The number of rotatable bonds is 4. The molecule has 0 saturated heterocycles. The molecule has 0 atom stereocenters. The summed E-state index contributed by atoms with van der Waals surface area (Å²) in [6, 6.07) is 36.4. The summed E-state index contributed by atoms with van der Waals surface area (Å²) in [6.45, 7) is 0. The van der Waals surface area contributed by atoms with Crippen LogP contribution in [0.1, 0.15) is 11.1 Å². The Hall–Kier alpha value is -4.90. The molecule has 0 spiro atoms. The van der Waals surface area contributed by atoms with Crippen LogP contribution in [-0.4, -0.2) is 19.3 Å². The van der Waals surface area contributed by atoms with Gasteiger partial charge in [0.2, 0.25) is 0 Å². The lowest BCUT2D eigenvalue weighted by atomic mass is 10.0. The van der Waals surface area contributed by atoms with Crippen LogP contribution in [0.3, 0.4) is 0 Å². The van der Waals surface area contributed by atoms with Crippen molar-refractivity contribution in [1.29, 1.82) is 0 Å². The van der Waals surface area contributed by atoms with Gasteiger partial charge < -0.3 is 4.90 Å². The normalized spacial score (nSPS) is 12.6. The monoisotopic (exact) mass is 479 g/mol. The predicted octanol–water partition coefficient (Wildman–Crippen LogP) is 7.29. The molecule has 0 aliphatic carbocycles. The summed E-state index contributed by atoms with van der Waals surface area (Å²) in [5.41, 5.74) is 9.37. The van der Waals surface area contributed by atoms with Crippen LogP contribution in [-0.2, 0) is 12.8 Å². The average Bonchev–Trinajstić information content (AvgIpc) is 3.64. The zero-order chi connectivity index (χ0) is 24.6. The van der Waals surface area contributed by atoms with E-state index < -0.39 is 0 Å². The van der Waals surface area contributed by atoms with Crippen LogP contribution in [0.2, 0.25) is 0 Å². The molecule has 1 aliphatic rings. The summed E-state index contributed by atoms with van der Waals surface area (Å²) < 4.78 is 4.05. The van der Waals surface area contributed by atoms with E-state index in [2.05, 4.69) is 106 Å². The van der Waals surface area contributed by atoms with Crippen LogP contribution in [0.5, 0.6) is 0 Å². The molecule has 3 heterocycles. The first-order chi connectivity index (χ1) is 18.3. The van der Waals surface area contributed by atoms with Gasteiger partial charge in [-0.2, -0.15) is 5.10 Å². The number of aromatic nitrogens is 4. The summed E-state index contributed by atoms with van der Waals surface area (Å²) in [7, 11) is 0. The zero-order valence-corrected chi connectivity index (χ0v) is 20.3. The predicted molar refractivity (Wildman–Crippen MR) is 148 cm³/mol. The second kappa shape index (κ2) is 8.95. The number of para-hydroxylation sites is 2. The Bertz CT molecular complexity index is 1680. The van der Waals surface area contributed by atoms with Crippen LogP contribution >= 0.6 is 0 Å². The molecule has 0 radical (unpaired) electrons. The molecule has 2 aromatic heterocycles. The molecule has 0 fully saturated rings. The third-order valence-corrected chi connectivity index (χ3v) is 7.01. The van der Waals surface area contributed by atoms with E-state index in [1.807, 2.05) is 41.6 Å². The molecular weight excluding hydrogens is 454 g/mol. The quantitative estimate of drug-likeness (QED) is 0.266. The van der Waals surface area contributed by atoms with Gasteiger partial charge in [0.15, 0.2) is 0 Å². The molecule has 0 bridgehead atoms. The molecule has 7 rings (SSSR count). The molecule has 178 valence electrons. The van der Waals surface area contributed by atoms with Crippen LogP contribution < -0.4 is 4.90 Å². The number of nitrogens with zero attached hydrogens (tertiary/aromatic N) is 5. The SMILES string of the molecule is c1ccc(-n2ccnc2-c2ccc3c(c2)N(c2cccc(-n4cccn4)c2)c2ccccc2CC3)cc1. The fourth-order valence-electron chi connectivity index (χ4n) is 5.25. The Morgan fingerprint density at radius 2 is 1.35 bits per heavy atom. The number of aryl methyl sites for hydroxylation is 2. The minimum atomic E-state index is 0.928. The van der Waals surface area contributed by atoms with Crippen molar-refractivity contribution in [2.75, 3.05) is 4.90 Å². The Balaban J connectivity index is 1.41. The Morgan fingerprint density at radius 3 is 2.22 bits per heavy atom. The van der Waals surface area contributed by atoms with Crippen molar-refractivity contribution in [2.24, 2.45) is 0 Å². The third-order valence-electron chi connectivity index (χ3n) is 7.01. The van der Waals surface area contributed by atoms with Gasteiger partial charge in [0, 0.05) is 47.4 Å². The van der Waals surface area contributed by atoms with E-state index in [0.717, 1.165) is 41.3 Å². The highest BCUT2D eigenvalue weighted by molar-refractivity contribution is 5.84. The molecule has 6 aromatic rings. The molecule has 0 N–H and O–H groups in total. The molecule has 4 aromatic carbocycles. The van der Waals surface area contributed by atoms with E-state index in [-0.39, 0.29) is 0 Å². The van der Waals surface area contributed by atoms with Crippen molar-refractivity contribution in [3.63, 3.8) is 0 Å². The fraction of sp³-hybridized carbons (Fsp3) is 0.0625. The van der Waals surface area contributed by atoms with Gasteiger partial charge in [-0.15, -0.1) is 0 Å². The van der Waals surface area contributed by atoms with Gasteiger partial charge in [0.05, 0.1) is 11.4 Å². The summed E-state index contributed by atoms with van der Waals surface area (Å²) in [5, 5.41) is 4.45. The molecule has 0 amide bonds. The van der Waals surface area contributed by atoms with E-state index in [1.165, 1.54) is 22.5 Å². The molecular formula is C32H25N5. The highest BCUT2D eigenvalue weighted by Gasteiger charge is 2.23. The van der Waals surface area contributed by atoms with E-state index in [4.69, 9.17) is 4.98 Å². The molecule has 5 nitrogen and oxygen atoms in total. The second-order valence-corrected chi connectivity index (χ2v) is 9.23. The average molecular weight is 480 g/mol. The summed E-state index contributed by atoms with van der Waals surface area (Å²) in [5.74, 6) is 0.928. The van der Waals surface area contributed by atoms with Gasteiger partial charge in [-0.3, -0.25) is 4.57 Å². The number of hydrogen-bond donors (Lipinski definition) is 0. The molecule has 0 saturated carbocycles. The van der Waals surface area contributed by atoms with Crippen molar-refractivity contribution in [2.45, 2.75) is 12.8 Å². The van der Waals surface area contributed by atoms with Gasteiger partial charge in [0.1, 0.15) is 5.82 Å². The number of fused-ring (bicyclic) bond motifs is 2. The lowest BCUT2D eigenvalue weighted by Gasteiger charge is -2.28. The largest absolute Gasteiger partial charge is 0.310 e. The van der Waals surface area contributed by atoms with Crippen molar-refractivity contribution in [3.8, 4) is 22.8 Å². The van der Waals surface area contributed by atoms with Crippen molar-refractivity contribution in [3.05, 3.63) is 139 Å². The van der Waals surface area contributed by atoms with E-state index >= 15 is 0 Å². The highest BCUT2D eigenvalue weighted by atomic mass is 15.3. The standard InChI is InChI=1S/C32H25N5/c1-2-9-27(10-3-1)35-21-19-33-32(35)26-17-16-25-15-14-24-8-4-5-13-30(24)37(31(25)22-26)29-12-6-11-28(23-29)36-20-7-18-34-36/h1-13,16-23H,14-15H2. The first kappa shape index (κ1) is 21.4. The third kappa shape index (κ3) is 3.81. The Labute approximate surface area is 215 Å². The van der Waals surface area contributed by atoms with E-state index in [9.17, 15) is 0 Å². The van der Waals surface area contributed by atoms with Crippen molar-refractivity contribution < 1.29 is 0 Å². The highest BCUT2D eigenvalue weighted by Crippen LogP contribution is 2.43. The topological polar surface area (TPSA) is 38.9 Å². The maximum absolute atomic E-state index is 4.76. The Morgan fingerprint density at radius 1 is 0.568 bits per heavy atom. The van der Waals surface area contributed by atoms with Gasteiger partial charge in [0.25, 0.3) is 0 Å². The van der Waals surface area contributed by atoms with Crippen LogP contribution in [0.15, 0.2) is 128 Å². The van der Waals surface area contributed by atoms with Gasteiger partial charge >= 0.3 is 0 Å². The lowest BCUT2D eigenvalue weighted by molar-refractivity contribution is 0.880. The van der Waals surface area contributed by atoms with Crippen LogP contribution in [0, 0.1) is 0 Å². The number of hydrogen-bond acceptors (Lipinski definition) is 3. The zero-order valence-electron chi connectivity index (χ0n) is 20.3. The molecule has 0 unspecified atom stereocenters. The first-order valence-electron chi connectivity index (χ1n) is 12.6. The molecule has 5 heteroatoms. The van der Waals surface area contributed by atoms with Gasteiger partial charge in [-0.25, -0.2) is 9.67 Å². The summed E-state index contributed by atoms with van der Waals surface area (Å²) in [4.78, 5) is 7.15. The first-order valence-corrected chi connectivity index (χ1v) is 12.6.